The third-order valence-corrected chi connectivity index (χ3v) is 3.02. The molecule has 19 heavy (non-hydrogen) atoms. The summed E-state index contributed by atoms with van der Waals surface area (Å²) in [7, 11) is 0. The van der Waals surface area contributed by atoms with E-state index >= 15 is 0 Å². The third kappa shape index (κ3) is 4.48. The first-order valence-electron chi connectivity index (χ1n) is 6.91. The Labute approximate surface area is 116 Å². The molecule has 3 nitrogen and oxygen atoms in total. The van der Waals surface area contributed by atoms with E-state index in [0.717, 1.165) is 24.1 Å². The lowest BCUT2D eigenvalue weighted by Gasteiger charge is -2.24. The van der Waals surface area contributed by atoms with E-state index in [1.54, 1.807) is 0 Å². The molecule has 1 aromatic rings. The SMILES string of the molecule is C#CCN(CC1CC1)c1cccc(NC(C)(C)C)n1. The van der Waals surface area contributed by atoms with Crippen LogP contribution in [-0.2, 0) is 0 Å². The summed E-state index contributed by atoms with van der Waals surface area (Å²) in [5.41, 5.74) is 0.0130. The van der Waals surface area contributed by atoms with Gasteiger partial charge in [0.2, 0.25) is 0 Å². The summed E-state index contributed by atoms with van der Waals surface area (Å²) < 4.78 is 0. The predicted molar refractivity (Wildman–Crippen MR) is 81.4 cm³/mol. The molecule has 0 unspecified atom stereocenters. The summed E-state index contributed by atoms with van der Waals surface area (Å²) in [5, 5.41) is 3.40. The summed E-state index contributed by atoms with van der Waals surface area (Å²) in [6.45, 7) is 8.04. The van der Waals surface area contributed by atoms with Gasteiger partial charge in [-0.3, -0.25) is 0 Å². The van der Waals surface area contributed by atoms with Gasteiger partial charge in [-0.25, -0.2) is 4.98 Å². The predicted octanol–water partition coefficient (Wildman–Crippen LogP) is 3.14. The molecule has 102 valence electrons. The second-order valence-electron chi connectivity index (χ2n) is 6.28. The van der Waals surface area contributed by atoms with Gasteiger partial charge in [-0.15, -0.1) is 6.42 Å². The molecule has 0 aromatic carbocycles. The molecule has 0 aliphatic heterocycles. The van der Waals surface area contributed by atoms with Crippen molar-refractivity contribution in [2.75, 3.05) is 23.3 Å². The molecule has 1 aliphatic carbocycles. The van der Waals surface area contributed by atoms with Crippen molar-refractivity contribution in [1.29, 1.82) is 0 Å². The lowest BCUT2D eigenvalue weighted by Crippen LogP contribution is -2.29. The number of rotatable bonds is 5. The number of nitrogens with one attached hydrogen (secondary N) is 1. The van der Waals surface area contributed by atoms with Gasteiger partial charge in [-0.1, -0.05) is 12.0 Å². The number of terminal acetylenes is 1. The maximum Gasteiger partial charge on any atom is 0.131 e. The summed E-state index contributed by atoms with van der Waals surface area (Å²) in [5.74, 6) is 5.41. The Hall–Kier alpha value is -1.69. The maximum absolute atomic E-state index is 5.47. The van der Waals surface area contributed by atoms with Crippen molar-refractivity contribution < 1.29 is 0 Å². The molecule has 0 amide bonds. The highest BCUT2D eigenvalue weighted by Gasteiger charge is 2.24. The van der Waals surface area contributed by atoms with Crippen molar-refractivity contribution in [3.8, 4) is 12.3 Å². The topological polar surface area (TPSA) is 28.2 Å². The van der Waals surface area contributed by atoms with Crippen LogP contribution in [0.4, 0.5) is 11.6 Å². The van der Waals surface area contributed by atoms with Gasteiger partial charge in [0.05, 0.1) is 6.54 Å². The van der Waals surface area contributed by atoms with E-state index in [4.69, 9.17) is 6.42 Å². The molecule has 0 spiro atoms. The highest BCUT2D eigenvalue weighted by Crippen LogP contribution is 2.31. The van der Waals surface area contributed by atoms with Crippen LogP contribution in [0.15, 0.2) is 18.2 Å². The summed E-state index contributed by atoms with van der Waals surface area (Å²) in [6, 6.07) is 6.07. The molecule has 0 saturated heterocycles. The van der Waals surface area contributed by atoms with Crippen LogP contribution in [0, 0.1) is 18.3 Å². The van der Waals surface area contributed by atoms with Crippen LogP contribution in [0.3, 0.4) is 0 Å². The first kappa shape index (κ1) is 13.7. The van der Waals surface area contributed by atoms with Crippen molar-refractivity contribution in [3.63, 3.8) is 0 Å². The second kappa shape index (κ2) is 5.52. The van der Waals surface area contributed by atoms with Crippen molar-refractivity contribution in [2.45, 2.75) is 39.2 Å². The number of hydrogen-bond donors (Lipinski definition) is 1. The molecule has 1 fully saturated rings. The Bertz CT molecular complexity index is 464. The molecule has 0 radical (unpaired) electrons. The van der Waals surface area contributed by atoms with Crippen LogP contribution in [0.2, 0.25) is 0 Å². The minimum Gasteiger partial charge on any atom is -0.365 e. The zero-order valence-electron chi connectivity index (χ0n) is 12.1. The van der Waals surface area contributed by atoms with Gasteiger partial charge in [0.15, 0.2) is 0 Å². The minimum absolute atomic E-state index is 0.0130. The van der Waals surface area contributed by atoms with E-state index in [0.29, 0.717) is 6.54 Å². The highest BCUT2D eigenvalue weighted by molar-refractivity contribution is 5.48. The average molecular weight is 257 g/mol. The molecule has 3 heteroatoms. The molecule has 2 rings (SSSR count). The van der Waals surface area contributed by atoms with Gasteiger partial charge in [-0.2, -0.15) is 0 Å². The minimum atomic E-state index is 0.0130. The number of pyridine rings is 1. The second-order valence-corrected chi connectivity index (χ2v) is 6.28. The van der Waals surface area contributed by atoms with E-state index in [-0.39, 0.29) is 5.54 Å². The van der Waals surface area contributed by atoms with E-state index in [1.165, 1.54) is 12.8 Å². The number of hydrogen-bond acceptors (Lipinski definition) is 3. The van der Waals surface area contributed by atoms with Gasteiger partial charge < -0.3 is 10.2 Å². The Morgan fingerprint density at radius 1 is 1.42 bits per heavy atom. The fourth-order valence-corrected chi connectivity index (χ4v) is 2.01. The van der Waals surface area contributed by atoms with Crippen LogP contribution in [0.5, 0.6) is 0 Å². The molecule has 1 N–H and O–H groups in total. The molecule has 0 bridgehead atoms. The van der Waals surface area contributed by atoms with Crippen LogP contribution in [0.1, 0.15) is 33.6 Å². The van der Waals surface area contributed by atoms with E-state index in [9.17, 15) is 0 Å². The van der Waals surface area contributed by atoms with Crippen molar-refractivity contribution >= 4 is 11.6 Å². The summed E-state index contributed by atoms with van der Waals surface area (Å²) in [6.07, 6.45) is 8.11. The van der Waals surface area contributed by atoms with Crippen molar-refractivity contribution in [2.24, 2.45) is 5.92 Å². The smallest absolute Gasteiger partial charge is 0.131 e. The fraction of sp³-hybridized carbons (Fsp3) is 0.562. The highest BCUT2D eigenvalue weighted by atomic mass is 15.2. The van der Waals surface area contributed by atoms with E-state index in [2.05, 4.69) is 41.9 Å². The fourth-order valence-electron chi connectivity index (χ4n) is 2.01. The van der Waals surface area contributed by atoms with Crippen molar-refractivity contribution in [3.05, 3.63) is 18.2 Å². The molecular formula is C16H23N3. The van der Waals surface area contributed by atoms with Gasteiger partial charge in [0.25, 0.3) is 0 Å². The number of aromatic nitrogens is 1. The molecule has 0 atom stereocenters. The first-order chi connectivity index (χ1) is 8.98. The van der Waals surface area contributed by atoms with Crippen molar-refractivity contribution in [1.82, 2.24) is 4.98 Å². The number of nitrogens with zero attached hydrogens (tertiary/aromatic N) is 2. The lowest BCUT2D eigenvalue weighted by atomic mass is 10.1. The van der Waals surface area contributed by atoms with Gasteiger partial charge >= 0.3 is 0 Å². The normalized spacial score (nSPS) is 14.8. The Kier molecular flexibility index (Phi) is 3.99. The molecule has 1 aliphatic rings. The van der Waals surface area contributed by atoms with Crippen LogP contribution < -0.4 is 10.2 Å². The van der Waals surface area contributed by atoms with Gasteiger partial charge in [-0.05, 0) is 51.7 Å². The summed E-state index contributed by atoms with van der Waals surface area (Å²) in [4.78, 5) is 6.88. The monoisotopic (exact) mass is 257 g/mol. The van der Waals surface area contributed by atoms with Gasteiger partial charge in [0.1, 0.15) is 11.6 Å². The zero-order chi connectivity index (χ0) is 13.9. The average Bonchev–Trinajstić information content (AvgIpc) is 3.10. The molecule has 1 saturated carbocycles. The quantitative estimate of drug-likeness (QED) is 0.821. The van der Waals surface area contributed by atoms with Crippen LogP contribution in [0.25, 0.3) is 0 Å². The first-order valence-corrected chi connectivity index (χ1v) is 6.91. The standard InChI is InChI=1S/C16H23N3/c1-5-11-19(12-13-9-10-13)15-8-6-7-14(17-15)18-16(2,3)4/h1,6-8,13H,9-12H2,2-4H3,(H,17,18). The Morgan fingerprint density at radius 3 is 2.74 bits per heavy atom. The molecule has 1 heterocycles. The Balaban J connectivity index is 2.12. The maximum atomic E-state index is 5.47. The lowest BCUT2D eigenvalue weighted by molar-refractivity contribution is 0.630. The molecule has 1 aromatic heterocycles. The van der Waals surface area contributed by atoms with E-state index in [1.807, 2.05) is 18.2 Å². The third-order valence-electron chi connectivity index (χ3n) is 3.02. The summed E-state index contributed by atoms with van der Waals surface area (Å²) >= 11 is 0. The Morgan fingerprint density at radius 2 is 2.16 bits per heavy atom. The number of anilines is 2. The van der Waals surface area contributed by atoms with Crippen LogP contribution in [-0.4, -0.2) is 23.6 Å². The largest absolute Gasteiger partial charge is 0.365 e. The van der Waals surface area contributed by atoms with Gasteiger partial charge in [0, 0.05) is 12.1 Å². The zero-order valence-corrected chi connectivity index (χ0v) is 12.1. The van der Waals surface area contributed by atoms with E-state index < -0.39 is 0 Å². The van der Waals surface area contributed by atoms with Crippen LogP contribution >= 0.6 is 0 Å². The molecular weight excluding hydrogens is 234 g/mol.